The van der Waals surface area contributed by atoms with Gasteiger partial charge in [0.15, 0.2) is 17.5 Å². The third-order valence-corrected chi connectivity index (χ3v) is 7.98. The second-order valence-corrected chi connectivity index (χ2v) is 12.5. The van der Waals surface area contributed by atoms with Gasteiger partial charge in [-0.15, -0.1) is 0 Å². The molecule has 284 valence electrons. The molecule has 0 aliphatic rings. The third kappa shape index (κ3) is 19.5. The van der Waals surface area contributed by atoms with Crippen LogP contribution in [0.1, 0.15) is 103 Å². The topological polar surface area (TPSA) is 183 Å². The molecule has 7 N–H and O–H groups in total. The quantitative estimate of drug-likeness (QED) is 0.0565. The molecule has 1 aromatic rings. The maximum Gasteiger partial charge on any atom is 0.326 e. The smallest absolute Gasteiger partial charge is 0.326 e. The summed E-state index contributed by atoms with van der Waals surface area (Å²) in [5.74, 6) is -6.58. The van der Waals surface area contributed by atoms with Gasteiger partial charge in [-0.05, 0) is 108 Å². The van der Waals surface area contributed by atoms with Gasteiger partial charge in [0.25, 0.3) is 0 Å². The molecule has 15 heteroatoms. The van der Waals surface area contributed by atoms with Crippen molar-refractivity contribution in [3.63, 3.8) is 0 Å². The molecule has 12 nitrogen and oxygen atoms in total. The molecule has 50 heavy (non-hydrogen) atoms. The summed E-state index contributed by atoms with van der Waals surface area (Å²) in [5.41, 5.74) is 5.75. The maximum absolute atomic E-state index is 13.3. The minimum atomic E-state index is -1.56. The van der Waals surface area contributed by atoms with Crippen LogP contribution in [0.4, 0.5) is 13.2 Å². The second kappa shape index (κ2) is 26.1. The Morgan fingerprint density at radius 2 is 1.32 bits per heavy atom. The van der Waals surface area contributed by atoms with Crippen LogP contribution in [0, 0.1) is 17.5 Å². The van der Waals surface area contributed by atoms with Crippen LogP contribution in [-0.4, -0.2) is 91.0 Å². The van der Waals surface area contributed by atoms with Crippen molar-refractivity contribution in [2.75, 3.05) is 39.3 Å². The first kappa shape index (κ1) is 44.3. The Labute approximate surface area is 293 Å². The van der Waals surface area contributed by atoms with E-state index >= 15 is 0 Å². The second-order valence-electron chi connectivity index (χ2n) is 12.5. The summed E-state index contributed by atoms with van der Waals surface area (Å²) in [6.45, 7) is 7.09. The number of rotatable bonds is 28. The molecule has 0 aliphatic heterocycles. The summed E-state index contributed by atoms with van der Waals surface area (Å²) < 4.78 is 39.7. The predicted octanol–water partition coefficient (Wildman–Crippen LogP) is 3.30. The highest BCUT2D eigenvalue weighted by Crippen LogP contribution is 2.15. The molecule has 0 heterocycles. The summed E-state index contributed by atoms with van der Waals surface area (Å²) in [5, 5.41) is 20.4. The summed E-state index contributed by atoms with van der Waals surface area (Å²) in [4.78, 5) is 63.7. The molecule has 0 saturated carbocycles. The number of aryl methyl sites for hydroxylation is 1. The number of carbonyl (C=O) groups is 5. The molecular formula is C35H57F3N6O6. The number of carboxylic acids is 1. The van der Waals surface area contributed by atoms with Gasteiger partial charge in [0.2, 0.25) is 23.6 Å². The highest BCUT2D eigenvalue weighted by atomic mass is 19.2. The molecule has 1 rings (SSSR count). The van der Waals surface area contributed by atoms with Gasteiger partial charge in [-0.2, -0.15) is 0 Å². The number of amides is 4. The van der Waals surface area contributed by atoms with Gasteiger partial charge in [-0.25, -0.2) is 18.0 Å². The lowest BCUT2D eigenvalue weighted by molar-refractivity contribution is -0.142. The summed E-state index contributed by atoms with van der Waals surface area (Å²) >= 11 is 0. The maximum atomic E-state index is 13.3. The number of carbonyl (C=O) groups excluding carboxylic acids is 4. The zero-order valence-corrected chi connectivity index (χ0v) is 29.6. The Morgan fingerprint density at radius 3 is 1.94 bits per heavy atom. The standard InChI is InChI=1S/C35H57F3N6O6/c1-3-20-44(21-4-2)24-32(47)42-28(12-7-9-17-39)34(48)41-19-10-5-6-14-31(46)43-29(35(49)50)13-8-11-18-40-30(45)16-15-25-22-26(36)33(38)27(37)23-25/h22-23,28-29H,3-21,24,39H2,1-2H3,(H,40,45)(H,41,48)(H,42,47)(H,43,46)(H,49,50). The molecule has 0 bridgehead atoms. The van der Waals surface area contributed by atoms with E-state index in [1.807, 2.05) is 0 Å². The highest BCUT2D eigenvalue weighted by Gasteiger charge is 2.22. The molecule has 2 unspecified atom stereocenters. The first-order valence-corrected chi connectivity index (χ1v) is 17.8. The molecule has 0 aromatic heterocycles. The molecule has 0 aliphatic carbocycles. The number of hydrogen-bond donors (Lipinski definition) is 6. The number of hydrogen-bond acceptors (Lipinski definition) is 7. The van der Waals surface area contributed by atoms with Gasteiger partial charge >= 0.3 is 5.97 Å². The number of halogens is 3. The number of nitrogens with zero attached hydrogens (tertiary/aromatic N) is 1. The van der Waals surface area contributed by atoms with E-state index in [4.69, 9.17) is 5.73 Å². The Kier molecular flexibility index (Phi) is 23.2. The zero-order valence-electron chi connectivity index (χ0n) is 29.6. The lowest BCUT2D eigenvalue weighted by atomic mass is 10.1. The fraction of sp³-hybridized carbons (Fsp3) is 0.686. The van der Waals surface area contributed by atoms with E-state index in [0.717, 1.165) is 44.5 Å². The van der Waals surface area contributed by atoms with Gasteiger partial charge in [0.1, 0.15) is 12.1 Å². The summed E-state index contributed by atoms with van der Waals surface area (Å²) in [6, 6.07) is -0.0482. The molecule has 2 atom stereocenters. The number of carboxylic acid groups (broad SMARTS) is 1. The number of nitrogens with two attached hydrogens (primary N) is 1. The van der Waals surface area contributed by atoms with Crippen LogP contribution in [-0.2, 0) is 30.4 Å². The number of aliphatic carboxylic acids is 1. The monoisotopic (exact) mass is 714 g/mol. The Hall–Kier alpha value is -3.72. The number of nitrogens with one attached hydrogen (secondary N) is 4. The number of benzene rings is 1. The van der Waals surface area contributed by atoms with E-state index in [1.54, 1.807) is 0 Å². The van der Waals surface area contributed by atoms with E-state index < -0.39 is 41.4 Å². The zero-order chi connectivity index (χ0) is 37.3. The van der Waals surface area contributed by atoms with Crippen LogP contribution < -0.4 is 27.0 Å². The minimum absolute atomic E-state index is 0.0228. The highest BCUT2D eigenvalue weighted by molar-refractivity contribution is 5.88. The van der Waals surface area contributed by atoms with Crippen LogP contribution in [0.15, 0.2) is 12.1 Å². The predicted molar refractivity (Wildman–Crippen MR) is 184 cm³/mol. The van der Waals surface area contributed by atoms with E-state index in [0.29, 0.717) is 58.0 Å². The summed E-state index contributed by atoms with van der Waals surface area (Å²) in [7, 11) is 0. The van der Waals surface area contributed by atoms with Crippen molar-refractivity contribution in [1.82, 2.24) is 26.2 Å². The molecule has 1 aromatic carbocycles. The van der Waals surface area contributed by atoms with Crippen molar-refractivity contribution in [1.29, 1.82) is 0 Å². The summed E-state index contributed by atoms with van der Waals surface area (Å²) in [6.07, 6.45) is 6.65. The van der Waals surface area contributed by atoms with Gasteiger partial charge in [0.05, 0.1) is 6.54 Å². The van der Waals surface area contributed by atoms with E-state index in [-0.39, 0.29) is 62.1 Å². The van der Waals surface area contributed by atoms with E-state index in [9.17, 15) is 42.3 Å². The lowest BCUT2D eigenvalue weighted by Gasteiger charge is -2.23. The molecule has 0 saturated heterocycles. The molecule has 0 fully saturated rings. The molecule has 4 amide bonds. The fourth-order valence-corrected chi connectivity index (χ4v) is 5.35. The first-order valence-electron chi connectivity index (χ1n) is 17.8. The van der Waals surface area contributed by atoms with Crippen molar-refractivity contribution >= 4 is 29.6 Å². The van der Waals surface area contributed by atoms with Gasteiger partial charge in [-0.3, -0.25) is 24.1 Å². The molecule has 0 spiro atoms. The average Bonchev–Trinajstić information content (AvgIpc) is 3.06. The van der Waals surface area contributed by atoms with Crippen molar-refractivity contribution in [2.24, 2.45) is 5.73 Å². The van der Waals surface area contributed by atoms with Crippen LogP contribution in [0.2, 0.25) is 0 Å². The Morgan fingerprint density at radius 1 is 0.740 bits per heavy atom. The first-order chi connectivity index (χ1) is 23.9. The SMILES string of the molecule is CCCN(CCC)CC(=O)NC(CCCCN)C(=O)NCCCCCC(=O)NC(CCCCNC(=O)CCc1cc(F)c(F)c(F)c1)C(=O)O. The number of unbranched alkanes of at least 4 members (excludes halogenated alkanes) is 4. The van der Waals surface area contributed by atoms with Gasteiger partial charge < -0.3 is 32.1 Å². The van der Waals surface area contributed by atoms with Gasteiger partial charge in [0, 0.05) is 25.9 Å². The third-order valence-electron chi connectivity index (χ3n) is 7.98. The van der Waals surface area contributed by atoms with Crippen molar-refractivity contribution in [2.45, 2.75) is 116 Å². The van der Waals surface area contributed by atoms with Crippen LogP contribution >= 0.6 is 0 Å². The van der Waals surface area contributed by atoms with Crippen molar-refractivity contribution < 1.29 is 42.3 Å². The Bertz CT molecular complexity index is 1180. The average molecular weight is 715 g/mol. The minimum Gasteiger partial charge on any atom is -0.480 e. The largest absolute Gasteiger partial charge is 0.480 e. The Balaban J connectivity index is 2.32. The molecular weight excluding hydrogens is 657 g/mol. The van der Waals surface area contributed by atoms with Crippen LogP contribution in [0.5, 0.6) is 0 Å². The lowest BCUT2D eigenvalue weighted by Crippen LogP contribution is -2.49. The van der Waals surface area contributed by atoms with Crippen LogP contribution in [0.25, 0.3) is 0 Å². The van der Waals surface area contributed by atoms with Crippen LogP contribution in [0.3, 0.4) is 0 Å². The van der Waals surface area contributed by atoms with Crippen molar-refractivity contribution in [3.05, 3.63) is 35.1 Å². The molecule has 0 radical (unpaired) electrons. The van der Waals surface area contributed by atoms with Crippen molar-refractivity contribution in [3.8, 4) is 0 Å². The fourth-order valence-electron chi connectivity index (χ4n) is 5.35. The van der Waals surface area contributed by atoms with E-state index in [2.05, 4.69) is 40.0 Å². The van der Waals surface area contributed by atoms with E-state index in [1.165, 1.54) is 0 Å². The van der Waals surface area contributed by atoms with Gasteiger partial charge in [-0.1, -0.05) is 20.3 Å². The normalized spacial score (nSPS) is 12.3.